The molecule has 1 aliphatic carbocycles. The quantitative estimate of drug-likeness (QED) is 0.822. The third-order valence-electron chi connectivity index (χ3n) is 4.83. The number of rotatable bonds is 2. The van der Waals surface area contributed by atoms with Crippen molar-refractivity contribution in [2.75, 3.05) is 0 Å². The number of nitrogens with two attached hydrogens (primary N) is 1. The number of phenolic OH excluding ortho intramolecular Hbond substituents is 1. The van der Waals surface area contributed by atoms with E-state index in [1.807, 2.05) is 0 Å². The van der Waals surface area contributed by atoms with Gasteiger partial charge in [0.1, 0.15) is 5.75 Å². The Hall–Kier alpha value is -1.02. The van der Waals surface area contributed by atoms with E-state index in [1.54, 1.807) is 0 Å². The highest BCUT2D eigenvalue weighted by Crippen LogP contribution is 2.44. The Morgan fingerprint density at radius 1 is 1.05 bits per heavy atom. The maximum absolute atomic E-state index is 10.8. The van der Waals surface area contributed by atoms with Crippen LogP contribution in [0.3, 0.4) is 0 Å². The van der Waals surface area contributed by atoms with Crippen molar-refractivity contribution in [2.45, 2.75) is 77.7 Å². The molecule has 0 amide bonds. The Morgan fingerprint density at radius 2 is 1.62 bits per heavy atom. The molecule has 21 heavy (non-hydrogen) atoms. The number of hydrogen-bond donors (Lipinski definition) is 2. The van der Waals surface area contributed by atoms with Crippen LogP contribution in [-0.4, -0.2) is 5.11 Å². The Labute approximate surface area is 129 Å². The molecule has 3 N–H and O–H groups in total. The molecule has 2 heteroatoms. The summed E-state index contributed by atoms with van der Waals surface area (Å²) in [6.07, 6.45) is 3.64. The van der Waals surface area contributed by atoms with Gasteiger partial charge in [-0.2, -0.15) is 0 Å². The molecule has 1 fully saturated rings. The second kappa shape index (κ2) is 5.31. The molecule has 0 aliphatic heterocycles. The maximum Gasteiger partial charge on any atom is 0.124 e. The summed E-state index contributed by atoms with van der Waals surface area (Å²) in [5, 5.41) is 10.8. The van der Waals surface area contributed by atoms with Gasteiger partial charge in [0, 0.05) is 11.6 Å². The lowest BCUT2D eigenvalue weighted by Crippen LogP contribution is -2.28. The molecule has 0 saturated heterocycles. The molecule has 0 heterocycles. The van der Waals surface area contributed by atoms with E-state index in [-0.39, 0.29) is 16.9 Å². The molecule has 0 radical (unpaired) electrons. The summed E-state index contributed by atoms with van der Waals surface area (Å²) < 4.78 is 0. The molecule has 0 aromatic heterocycles. The van der Waals surface area contributed by atoms with E-state index in [2.05, 4.69) is 53.7 Å². The highest BCUT2D eigenvalue weighted by Gasteiger charge is 2.31. The smallest absolute Gasteiger partial charge is 0.124 e. The summed E-state index contributed by atoms with van der Waals surface area (Å²) in [6.45, 7) is 13.1. The van der Waals surface area contributed by atoms with Crippen molar-refractivity contribution in [3.05, 3.63) is 28.8 Å². The molecule has 118 valence electrons. The molecule has 1 saturated carbocycles. The van der Waals surface area contributed by atoms with Crippen molar-refractivity contribution in [3.8, 4) is 5.75 Å². The minimum Gasteiger partial charge on any atom is -0.507 e. The number of benzene rings is 1. The number of phenols is 1. The molecule has 1 aromatic carbocycles. The highest BCUT2D eigenvalue weighted by atomic mass is 16.3. The summed E-state index contributed by atoms with van der Waals surface area (Å²) in [4.78, 5) is 0. The summed E-state index contributed by atoms with van der Waals surface area (Å²) in [7, 11) is 0. The molecule has 1 aromatic rings. The van der Waals surface area contributed by atoms with Gasteiger partial charge in [-0.3, -0.25) is 0 Å². The maximum atomic E-state index is 10.8. The summed E-state index contributed by atoms with van der Waals surface area (Å²) >= 11 is 0. The number of aromatic hydroxyl groups is 1. The second-order valence-electron chi connectivity index (χ2n) is 8.68. The van der Waals surface area contributed by atoms with Crippen molar-refractivity contribution in [1.82, 2.24) is 0 Å². The van der Waals surface area contributed by atoms with Crippen molar-refractivity contribution in [2.24, 2.45) is 11.7 Å². The van der Waals surface area contributed by atoms with Gasteiger partial charge in [0.15, 0.2) is 0 Å². The van der Waals surface area contributed by atoms with Crippen LogP contribution in [0, 0.1) is 5.92 Å². The fourth-order valence-corrected chi connectivity index (χ4v) is 2.97. The van der Waals surface area contributed by atoms with Crippen LogP contribution < -0.4 is 5.73 Å². The Balaban J connectivity index is 2.57. The van der Waals surface area contributed by atoms with Crippen LogP contribution in [0.4, 0.5) is 0 Å². The fraction of sp³-hybridized carbons (Fsp3) is 0.684. The molecule has 2 nitrogen and oxygen atoms in total. The topological polar surface area (TPSA) is 46.2 Å². The van der Waals surface area contributed by atoms with Crippen LogP contribution in [0.25, 0.3) is 0 Å². The van der Waals surface area contributed by atoms with E-state index in [4.69, 9.17) is 5.73 Å². The van der Waals surface area contributed by atoms with Crippen LogP contribution >= 0.6 is 0 Å². The molecule has 1 aliphatic rings. The average molecular weight is 289 g/mol. The van der Waals surface area contributed by atoms with E-state index in [9.17, 15) is 5.11 Å². The fourth-order valence-electron chi connectivity index (χ4n) is 2.97. The molecule has 0 bridgehead atoms. The van der Waals surface area contributed by atoms with Crippen molar-refractivity contribution >= 4 is 0 Å². The zero-order valence-electron chi connectivity index (χ0n) is 14.5. The van der Waals surface area contributed by atoms with E-state index in [1.165, 1.54) is 24.8 Å². The minimum absolute atomic E-state index is 0.0397. The Bertz CT molecular complexity index is 516. The zero-order valence-corrected chi connectivity index (χ0v) is 14.5. The van der Waals surface area contributed by atoms with Gasteiger partial charge in [-0.25, -0.2) is 0 Å². The van der Waals surface area contributed by atoms with Crippen molar-refractivity contribution < 1.29 is 5.11 Å². The summed E-state index contributed by atoms with van der Waals surface area (Å²) in [6, 6.07) is 4.25. The van der Waals surface area contributed by atoms with E-state index >= 15 is 0 Å². The lowest BCUT2D eigenvalue weighted by atomic mass is 9.73. The Kier molecular flexibility index (Phi) is 4.14. The van der Waals surface area contributed by atoms with Gasteiger partial charge in [0.25, 0.3) is 0 Å². The van der Waals surface area contributed by atoms with Crippen LogP contribution in [0.1, 0.15) is 83.5 Å². The average Bonchev–Trinajstić information content (AvgIpc) is 2.23. The van der Waals surface area contributed by atoms with Crippen LogP contribution in [-0.2, 0) is 10.8 Å². The van der Waals surface area contributed by atoms with Gasteiger partial charge in [-0.05, 0) is 46.8 Å². The first-order valence-corrected chi connectivity index (χ1v) is 8.15. The minimum atomic E-state index is -0.0839. The highest BCUT2D eigenvalue weighted by molar-refractivity contribution is 5.50. The van der Waals surface area contributed by atoms with E-state index in [0.29, 0.717) is 11.7 Å². The lowest BCUT2D eigenvalue weighted by Gasteiger charge is -2.34. The first-order valence-electron chi connectivity index (χ1n) is 8.15. The monoisotopic (exact) mass is 289 g/mol. The molecule has 0 spiro atoms. The SMILES string of the molecule is CC(C)(C)c1cc([C@H](N)C2CCC2)c(O)c(C(C)(C)C)c1. The Morgan fingerprint density at radius 3 is 2.00 bits per heavy atom. The molecule has 2 rings (SSSR count). The standard InChI is InChI=1S/C19H31NO/c1-18(2,3)13-10-14(16(20)12-8-7-9-12)17(21)15(11-13)19(4,5)6/h10-12,16,21H,7-9,20H2,1-6H3/t16-/m1/s1. The summed E-state index contributed by atoms with van der Waals surface area (Å²) in [5.41, 5.74) is 9.65. The predicted molar refractivity (Wildman–Crippen MR) is 89.8 cm³/mol. The van der Waals surface area contributed by atoms with E-state index in [0.717, 1.165) is 11.1 Å². The zero-order chi connectivity index (χ0) is 16.0. The van der Waals surface area contributed by atoms with Gasteiger partial charge in [-0.15, -0.1) is 0 Å². The van der Waals surface area contributed by atoms with Crippen molar-refractivity contribution in [3.63, 3.8) is 0 Å². The van der Waals surface area contributed by atoms with Gasteiger partial charge in [-0.1, -0.05) is 54.0 Å². The van der Waals surface area contributed by atoms with Crippen molar-refractivity contribution in [1.29, 1.82) is 0 Å². The second-order valence-corrected chi connectivity index (χ2v) is 8.68. The summed E-state index contributed by atoms with van der Waals surface area (Å²) in [5.74, 6) is 0.939. The van der Waals surface area contributed by atoms with Crippen LogP contribution in [0.15, 0.2) is 12.1 Å². The van der Waals surface area contributed by atoms with Gasteiger partial charge in [0.2, 0.25) is 0 Å². The first-order chi connectivity index (χ1) is 9.51. The van der Waals surface area contributed by atoms with Gasteiger partial charge >= 0.3 is 0 Å². The third-order valence-corrected chi connectivity index (χ3v) is 4.83. The molecule has 0 unspecified atom stereocenters. The van der Waals surface area contributed by atoms with Crippen LogP contribution in [0.2, 0.25) is 0 Å². The van der Waals surface area contributed by atoms with Gasteiger partial charge in [0.05, 0.1) is 0 Å². The predicted octanol–water partition coefficient (Wildman–Crippen LogP) is 4.79. The molecular formula is C19H31NO. The first kappa shape index (κ1) is 16.4. The third kappa shape index (κ3) is 3.26. The molecule has 1 atom stereocenters. The molecular weight excluding hydrogens is 258 g/mol. The largest absolute Gasteiger partial charge is 0.507 e. The van der Waals surface area contributed by atoms with E-state index < -0.39 is 0 Å². The lowest BCUT2D eigenvalue weighted by molar-refractivity contribution is 0.259. The van der Waals surface area contributed by atoms with Gasteiger partial charge < -0.3 is 10.8 Å². The van der Waals surface area contributed by atoms with Crippen LogP contribution in [0.5, 0.6) is 5.75 Å². The number of hydrogen-bond acceptors (Lipinski definition) is 2. The normalized spacial score (nSPS) is 18.4.